The number of hydrogen-bond acceptors (Lipinski definition) is 6. The van der Waals surface area contributed by atoms with Gasteiger partial charge in [-0.1, -0.05) is 0 Å². The van der Waals surface area contributed by atoms with Crippen molar-refractivity contribution in [1.29, 1.82) is 0 Å². The molecule has 0 aliphatic heterocycles. The number of nitrogen functional groups attached to an aromatic ring is 1. The van der Waals surface area contributed by atoms with E-state index in [9.17, 15) is 5.11 Å². The van der Waals surface area contributed by atoms with Crippen LogP contribution in [0.3, 0.4) is 0 Å². The molecular weight excluding hydrogens is 356 g/mol. The van der Waals surface area contributed by atoms with Crippen LogP contribution in [0.1, 0.15) is 36.1 Å². The standard InChI is InChI=1S/C21H22N4OS/c1-23-10-15-6-14(11-24-19(15)22)17-5-4-13-7-18(27-20(13)25-17)21(26)8-16(9-21)12-2-3-12/h4-7,10-12,16,26H,2-3,8-9H2,1H3,(H2,22,24). The summed E-state index contributed by atoms with van der Waals surface area (Å²) in [4.78, 5) is 15.1. The molecule has 3 aromatic heterocycles. The van der Waals surface area contributed by atoms with Gasteiger partial charge in [-0.25, -0.2) is 9.97 Å². The Bertz CT molecular complexity index is 1050. The SMILES string of the molecule is CN=Cc1cc(-c2ccc3cc(C4(O)CC(C5CC5)C4)sc3n2)cnc1N. The Hall–Kier alpha value is -2.31. The average molecular weight is 379 g/mol. The van der Waals surface area contributed by atoms with Gasteiger partial charge >= 0.3 is 0 Å². The third kappa shape index (κ3) is 2.93. The molecule has 0 bridgehead atoms. The molecule has 2 aliphatic carbocycles. The van der Waals surface area contributed by atoms with Crippen LogP contribution in [0.2, 0.25) is 0 Å². The topological polar surface area (TPSA) is 84.4 Å². The van der Waals surface area contributed by atoms with Crippen LogP contribution in [-0.4, -0.2) is 28.3 Å². The van der Waals surface area contributed by atoms with E-state index in [0.717, 1.165) is 50.7 Å². The van der Waals surface area contributed by atoms with E-state index in [-0.39, 0.29) is 0 Å². The quantitative estimate of drug-likeness (QED) is 0.672. The minimum atomic E-state index is -0.647. The summed E-state index contributed by atoms with van der Waals surface area (Å²) in [5.41, 5.74) is 7.81. The molecule has 27 heavy (non-hydrogen) atoms. The van der Waals surface area contributed by atoms with E-state index in [0.29, 0.717) is 11.7 Å². The van der Waals surface area contributed by atoms with Crippen LogP contribution in [0.4, 0.5) is 5.82 Å². The molecule has 0 saturated heterocycles. The molecule has 2 fully saturated rings. The van der Waals surface area contributed by atoms with Crippen molar-refractivity contribution in [1.82, 2.24) is 9.97 Å². The number of aliphatic imine (C=N–C) groups is 1. The van der Waals surface area contributed by atoms with E-state index in [1.807, 2.05) is 12.1 Å². The van der Waals surface area contributed by atoms with Crippen LogP contribution < -0.4 is 5.73 Å². The van der Waals surface area contributed by atoms with Gasteiger partial charge in [0.25, 0.3) is 0 Å². The van der Waals surface area contributed by atoms with Gasteiger partial charge in [0.1, 0.15) is 10.6 Å². The number of nitrogens with two attached hydrogens (primary N) is 1. The first-order chi connectivity index (χ1) is 13.1. The van der Waals surface area contributed by atoms with Gasteiger partial charge in [0.05, 0.1) is 11.3 Å². The van der Waals surface area contributed by atoms with Crippen LogP contribution in [0.25, 0.3) is 21.5 Å². The molecule has 2 aliphatic rings. The van der Waals surface area contributed by atoms with Crippen LogP contribution >= 0.6 is 11.3 Å². The lowest BCUT2D eigenvalue weighted by atomic mass is 9.68. The number of anilines is 1. The van der Waals surface area contributed by atoms with Crippen molar-refractivity contribution < 1.29 is 5.11 Å². The second-order valence-electron chi connectivity index (χ2n) is 7.82. The van der Waals surface area contributed by atoms with Crippen molar-refractivity contribution in [2.45, 2.75) is 31.3 Å². The number of aliphatic hydroxyl groups is 1. The third-order valence-electron chi connectivity index (χ3n) is 5.84. The molecule has 0 radical (unpaired) electrons. The fourth-order valence-corrected chi connectivity index (χ4v) is 5.23. The highest BCUT2D eigenvalue weighted by atomic mass is 32.1. The van der Waals surface area contributed by atoms with E-state index in [4.69, 9.17) is 10.7 Å². The van der Waals surface area contributed by atoms with Gasteiger partial charge in [-0.05, 0) is 61.8 Å². The summed E-state index contributed by atoms with van der Waals surface area (Å²) in [6.45, 7) is 0. The maximum absolute atomic E-state index is 11.0. The number of thiophene rings is 1. The van der Waals surface area contributed by atoms with Crippen molar-refractivity contribution >= 4 is 33.6 Å². The highest BCUT2D eigenvalue weighted by Crippen LogP contribution is 2.56. The zero-order chi connectivity index (χ0) is 18.6. The van der Waals surface area contributed by atoms with Gasteiger partial charge in [-0.3, -0.25) is 4.99 Å². The Labute approximate surface area is 162 Å². The number of fused-ring (bicyclic) bond motifs is 1. The van der Waals surface area contributed by atoms with Gasteiger partial charge in [-0.15, -0.1) is 11.3 Å². The zero-order valence-corrected chi connectivity index (χ0v) is 16.0. The normalized spacial score (nSPS) is 25.2. The minimum Gasteiger partial charge on any atom is -0.384 e. The van der Waals surface area contributed by atoms with Crippen molar-refractivity contribution in [3.8, 4) is 11.3 Å². The van der Waals surface area contributed by atoms with Crippen molar-refractivity contribution in [2.24, 2.45) is 16.8 Å². The fourth-order valence-electron chi connectivity index (χ4n) is 4.09. The summed E-state index contributed by atoms with van der Waals surface area (Å²) in [7, 11) is 1.71. The molecule has 5 nitrogen and oxygen atoms in total. The Morgan fingerprint density at radius 1 is 1.26 bits per heavy atom. The smallest absolute Gasteiger partial charge is 0.132 e. The van der Waals surface area contributed by atoms with E-state index in [2.05, 4.69) is 22.1 Å². The van der Waals surface area contributed by atoms with E-state index in [1.165, 1.54) is 12.8 Å². The van der Waals surface area contributed by atoms with Crippen LogP contribution in [0, 0.1) is 11.8 Å². The summed E-state index contributed by atoms with van der Waals surface area (Å²) in [5.74, 6) is 2.03. The van der Waals surface area contributed by atoms with Gasteiger partial charge in [0, 0.05) is 40.8 Å². The summed E-state index contributed by atoms with van der Waals surface area (Å²) in [5, 5.41) is 12.1. The Morgan fingerprint density at radius 3 is 2.81 bits per heavy atom. The van der Waals surface area contributed by atoms with Crippen molar-refractivity contribution in [3.05, 3.63) is 40.9 Å². The van der Waals surface area contributed by atoms with Gasteiger partial charge < -0.3 is 10.8 Å². The Balaban J connectivity index is 1.47. The molecule has 3 aromatic rings. The second kappa shape index (κ2) is 6.11. The predicted octanol–water partition coefficient (Wildman–Crippen LogP) is 4.00. The van der Waals surface area contributed by atoms with Crippen LogP contribution in [0.5, 0.6) is 0 Å². The molecule has 0 aromatic carbocycles. The molecule has 3 N–H and O–H groups in total. The number of rotatable bonds is 4. The summed E-state index contributed by atoms with van der Waals surface area (Å²) in [6, 6.07) is 8.13. The molecule has 6 heteroatoms. The highest BCUT2D eigenvalue weighted by Gasteiger charge is 2.50. The minimum absolute atomic E-state index is 0.460. The molecule has 0 spiro atoms. The monoisotopic (exact) mass is 378 g/mol. The van der Waals surface area contributed by atoms with Crippen molar-refractivity contribution in [2.75, 3.05) is 12.8 Å². The molecule has 0 amide bonds. The molecule has 0 unspecified atom stereocenters. The number of nitrogens with zero attached hydrogens (tertiary/aromatic N) is 3. The average Bonchev–Trinajstić information content (AvgIpc) is 3.38. The summed E-state index contributed by atoms with van der Waals surface area (Å²) in [6.07, 6.45) is 7.94. The largest absolute Gasteiger partial charge is 0.384 e. The second-order valence-corrected chi connectivity index (χ2v) is 8.86. The number of hydrogen-bond donors (Lipinski definition) is 2. The van der Waals surface area contributed by atoms with Gasteiger partial charge in [-0.2, -0.15) is 0 Å². The van der Waals surface area contributed by atoms with E-state index >= 15 is 0 Å². The zero-order valence-electron chi connectivity index (χ0n) is 15.2. The maximum Gasteiger partial charge on any atom is 0.132 e. The van der Waals surface area contributed by atoms with Crippen LogP contribution in [-0.2, 0) is 5.60 Å². The lowest BCUT2D eigenvalue weighted by Gasteiger charge is -2.43. The fraction of sp³-hybridized carbons (Fsp3) is 0.381. The maximum atomic E-state index is 11.0. The van der Waals surface area contributed by atoms with Gasteiger partial charge in [0.15, 0.2) is 0 Å². The Kier molecular flexibility index (Phi) is 3.81. The molecule has 0 atom stereocenters. The number of pyridine rings is 2. The lowest BCUT2D eigenvalue weighted by Crippen LogP contribution is -2.41. The lowest BCUT2D eigenvalue weighted by molar-refractivity contribution is -0.0835. The first kappa shape index (κ1) is 16.8. The van der Waals surface area contributed by atoms with Crippen LogP contribution in [0.15, 0.2) is 35.5 Å². The molecular formula is C21H22N4OS. The first-order valence-electron chi connectivity index (χ1n) is 9.37. The first-order valence-corrected chi connectivity index (χ1v) is 10.2. The van der Waals surface area contributed by atoms with Gasteiger partial charge in [0.2, 0.25) is 0 Å². The molecule has 138 valence electrons. The van der Waals surface area contributed by atoms with E-state index in [1.54, 1.807) is 30.8 Å². The molecule has 5 rings (SSSR count). The molecule has 3 heterocycles. The number of aromatic nitrogens is 2. The summed E-state index contributed by atoms with van der Waals surface area (Å²) < 4.78 is 0. The van der Waals surface area contributed by atoms with E-state index < -0.39 is 5.60 Å². The summed E-state index contributed by atoms with van der Waals surface area (Å²) >= 11 is 1.61. The van der Waals surface area contributed by atoms with Crippen molar-refractivity contribution in [3.63, 3.8) is 0 Å². The highest BCUT2D eigenvalue weighted by molar-refractivity contribution is 7.18. The third-order valence-corrected chi connectivity index (χ3v) is 7.08. The Morgan fingerprint density at radius 2 is 2.07 bits per heavy atom. The molecule has 2 saturated carbocycles. The predicted molar refractivity (Wildman–Crippen MR) is 110 cm³/mol.